The fraction of sp³-hybridized carbons (Fsp3) is 0.688. The molecule has 3 unspecified atom stereocenters. The largest absolute Gasteiger partial charge is 0.453 e. The van der Waals surface area contributed by atoms with Crippen LogP contribution in [0.15, 0.2) is 24.3 Å². The average molecular weight is 510 g/mol. The number of amides is 1. The molecule has 0 bridgehead atoms. The summed E-state index contributed by atoms with van der Waals surface area (Å²) in [6, 6.07) is 8.10. The van der Waals surface area contributed by atoms with Gasteiger partial charge < -0.3 is 14.4 Å². The van der Waals surface area contributed by atoms with Crippen LogP contribution in [0.3, 0.4) is 0 Å². The third-order valence-corrected chi connectivity index (χ3v) is 8.07. The molecule has 204 valence electrons. The summed E-state index contributed by atoms with van der Waals surface area (Å²) in [7, 11) is 1.43. The van der Waals surface area contributed by atoms with Crippen LogP contribution in [0.5, 0.6) is 0 Å². The van der Waals surface area contributed by atoms with Crippen molar-refractivity contribution in [2.24, 2.45) is 5.92 Å². The van der Waals surface area contributed by atoms with Gasteiger partial charge >= 0.3 is 12.1 Å². The van der Waals surface area contributed by atoms with E-state index in [1.54, 1.807) is 0 Å². The molecule has 1 aromatic carbocycles. The molecule has 0 aromatic heterocycles. The van der Waals surface area contributed by atoms with Crippen LogP contribution in [0.1, 0.15) is 114 Å². The molecule has 0 radical (unpaired) electrons. The van der Waals surface area contributed by atoms with E-state index in [1.165, 1.54) is 58.5 Å². The zero-order valence-corrected chi connectivity index (χ0v) is 23.4. The molecule has 1 aromatic rings. The molecule has 1 amide bonds. The van der Waals surface area contributed by atoms with Crippen molar-refractivity contribution in [2.75, 3.05) is 13.7 Å². The van der Waals surface area contributed by atoms with Crippen molar-refractivity contribution in [1.29, 1.82) is 0 Å². The van der Waals surface area contributed by atoms with E-state index in [1.807, 2.05) is 17.0 Å². The molecule has 1 aliphatic carbocycles. The number of hydrogen-bond donors (Lipinski definition) is 0. The summed E-state index contributed by atoms with van der Waals surface area (Å²) in [6.07, 6.45) is 15.7. The van der Waals surface area contributed by atoms with Crippen LogP contribution in [0.25, 0.3) is 0 Å². The van der Waals surface area contributed by atoms with Crippen LogP contribution in [0.2, 0.25) is 0 Å². The molecular weight excluding hydrogens is 462 g/mol. The molecule has 2 aliphatic rings. The van der Waals surface area contributed by atoms with Crippen LogP contribution in [-0.2, 0) is 14.3 Å². The minimum atomic E-state index is -0.856. The van der Waals surface area contributed by atoms with Crippen LogP contribution in [0, 0.1) is 24.7 Å². The van der Waals surface area contributed by atoms with Crippen molar-refractivity contribution in [3.8, 4) is 11.8 Å². The van der Waals surface area contributed by atoms with Gasteiger partial charge in [-0.25, -0.2) is 4.79 Å². The van der Waals surface area contributed by atoms with Gasteiger partial charge in [0.1, 0.15) is 0 Å². The van der Waals surface area contributed by atoms with Crippen molar-refractivity contribution < 1.29 is 19.1 Å². The van der Waals surface area contributed by atoms with Crippen LogP contribution in [0.4, 0.5) is 4.79 Å². The smallest absolute Gasteiger partial charge is 0.409 e. The van der Waals surface area contributed by atoms with Gasteiger partial charge in [0.25, 0.3) is 0 Å². The number of esters is 1. The number of benzene rings is 1. The summed E-state index contributed by atoms with van der Waals surface area (Å²) in [5, 5.41) is 0. The zero-order valence-electron chi connectivity index (χ0n) is 23.4. The highest BCUT2D eigenvalue weighted by atomic mass is 16.6. The average Bonchev–Trinajstić information content (AvgIpc) is 3.34. The Morgan fingerprint density at radius 3 is 2.41 bits per heavy atom. The number of unbranched alkanes of at least 4 members (excludes halogenated alkanes) is 9. The number of carbonyl (C=O) groups excluding carboxylic acids is 2. The first-order valence-electron chi connectivity index (χ1n) is 14.7. The second-order valence-electron chi connectivity index (χ2n) is 10.9. The van der Waals surface area contributed by atoms with Gasteiger partial charge in [0, 0.05) is 30.5 Å². The molecule has 5 heteroatoms. The molecular formula is C32H47NO4. The molecule has 5 nitrogen and oxygen atoms in total. The first-order chi connectivity index (χ1) is 18.0. The molecule has 0 spiro atoms. The minimum absolute atomic E-state index is 0.00173. The number of likely N-dealkylation sites (tertiary alicyclic amines) is 1. The van der Waals surface area contributed by atoms with E-state index >= 15 is 0 Å². The lowest BCUT2D eigenvalue weighted by Crippen LogP contribution is -2.51. The second kappa shape index (κ2) is 15.1. The number of methoxy groups -OCH3 is 1. The minimum Gasteiger partial charge on any atom is -0.453 e. The van der Waals surface area contributed by atoms with Crippen molar-refractivity contribution in [2.45, 2.75) is 122 Å². The van der Waals surface area contributed by atoms with Gasteiger partial charge in [-0.2, -0.15) is 0 Å². The monoisotopic (exact) mass is 509 g/mol. The summed E-state index contributed by atoms with van der Waals surface area (Å²) in [6.45, 7) is 4.92. The molecule has 2 fully saturated rings. The van der Waals surface area contributed by atoms with Crippen LogP contribution < -0.4 is 0 Å². The third kappa shape index (κ3) is 8.52. The van der Waals surface area contributed by atoms with Crippen molar-refractivity contribution >= 4 is 12.1 Å². The summed E-state index contributed by atoms with van der Waals surface area (Å²) >= 11 is 0. The lowest BCUT2D eigenvalue weighted by atomic mass is 9.72. The Bertz CT molecular complexity index is 932. The van der Waals surface area contributed by atoms with Crippen molar-refractivity contribution in [3.63, 3.8) is 0 Å². The van der Waals surface area contributed by atoms with E-state index in [2.05, 4.69) is 37.8 Å². The number of rotatable bonds is 12. The Kier molecular flexibility index (Phi) is 11.8. The molecule has 1 heterocycles. The predicted octanol–water partition coefficient (Wildman–Crippen LogP) is 7.58. The molecule has 1 saturated heterocycles. The maximum atomic E-state index is 13.1. The van der Waals surface area contributed by atoms with E-state index in [0.29, 0.717) is 19.4 Å². The molecule has 37 heavy (non-hydrogen) atoms. The summed E-state index contributed by atoms with van der Waals surface area (Å²) in [4.78, 5) is 27.3. The highest BCUT2D eigenvalue weighted by molar-refractivity contribution is 5.71. The highest BCUT2D eigenvalue weighted by Crippen LogP contribution is 2.45. The third-order valence-electron chi connectivity index (χ3n) is 8.07. The van der Waals surface area contributed by atoms with Gasteiger partial charge in [0.2, 0.25) is 0 Å². The number of aryl methyl sites for hydroxylation is 1. The topological polar surface area (TPSA) is 55.8 Å². The normalized spacial score (nSPS) is 22.6. The van der Waals surface area contributed by atoms with E-state index in [0.717, 1.165) is 43.2 Å². The van der Waals surface area contributed by atoms with Gasteiger partial charge in [-0.05, 0) is 62.6 Å². The Morgan fingerprint density at radius 1 is 1.03 bits per heavy atom. The van der Waals surface area contributed by atoms with Crippen LogP contribution in [-0.4, -0.2) is 42.3 Å². The number of fused-ring (bicyclic) bond motifs is 1. The first-order valence-corrected chi connectivity index (χ1v) is 14.7. The summed E-state index contributed by atoms with van der Waals surface area (Å²) < 4.78 is 11.3. The van der Waals surface area contributed by atoms with Crippen molar-refractivity contribution in [1.82, 2.24) is 4.90 Å². The molecule has 1 aliphatic heterocycles. The quantitative estimate of drug-likeness (QED) is 0.166. The van der Waals surface area contributed by atoms with E-state index in [-0.39, 0.29) is 24.0 Å². The number of carbonyl (C=O) groups is 2. The first kappa shape index (κ1) is 29.1. The summed E-state index contributed by atoms with van der Waals surface area (Å²) in [5.74, 6) is 6.60. The molecule has 1 saturated carbocycles. The second-order valence-corrected chi connectivity index (χ2v) is 10.9. The lowest BCUT2D eigenvalue weighted by Gasteiger charge is -2.42. The van der Waals surface area contributed by atoms with E-state index in [4.69, 9.17) is 9.47 Å². The molecule has 3 atom stereocenters. The Labute approximate surface area is 224 Å². The standard InChI is InChI=1S/C32H47NO4/c1-4-5-6-7-8-9-10-11-12-13-19-30(34)37-32(23-20-27-17-14-16-26(2)25-27)22-15-18-29-28(32)21-24-33(29)31(35)36-3/h14,16-17,25,28-29H,4-13,15,18-19,21-22,24H2,1-3H3. The molecule has 0 N–H and O–H groups in total. The van der Waals surface area contributed by atoms with Gasteiger partial charge in [0.15, 0.2) is 5.60 Å². The van der Waals surface area contributed by atoms with E-state index < -0.39 is 5.60 Å². The van der Waals surface area contributed by atoms with E-state index in [9.17, 15) is 9.59 Å². The predicted molar refractivity (Wildman–Crippen MR) is 148 cm³/mol. The number of hydrogen-bond acceptors (Lipinski definition) is 4. The van der Waals surface area contributed by atoms with Gasteiger partial charge in [-0.15, -0.1) is 0 Å². The maximum absolute atomic E-state index is 13.1. The number of nitrogens with zero attached hydrogens (tertiary/aromatic N) is 1. The van der Waals surface area contributed by atoms with Gasteiger partial charge in [-0.1, -0.05) is 82.8 Å². The Morgan fingerprint density at radius 2 is 1.73 bits per heavy atom. The zero-order chi connectivity index (χ0) is 26.5. The Hall–Kier alpha value is -2.48. The van der Waals surface area contributed by atoms with Crippen LogP contribution >= 0.6 is 0 Å². The number of ether oxygens (including phenoxy) is 2. The Balaban J connectivity index is 1.60. The summed E-state index contributed by atoms with van der Waals surface area (Å²) in [5.41, 5.74) is 1.22. The van der Waals surface area contributed by atoms with Gasteiger partial charge in [0.05, 0.1) is 7.11 Å². The maximum Gasteiger partial charge on any atom is 0.409 e. The fourth-order valence-corrected chi connectivity index (χ4v) is 6.08. The van der Waals surface area contributed by atoms with Gasteiger partial charge in [-0.3, -0.25) is 4.79 Å². The lowest BCUT2D eigenvalue weighted by molar-refractivity contribution is -0.162. The fourth-order valence-electron chi connectivity index (χ4n) is 6.08. The van der Waals surface area contributed by atoms with Crippen molar-refractivity contribution in [3.05, 3.63) is 35.4 Å². The SMILES string of the molecule is CCCCCCCCCCCCC(=O)OC1(C#Cc2cccc(C)c2)CCCC2C1CCN2C(=O)OC. The molecule has 3 rings (SSSR count). The highest BCUT2D eigenvalue weighted by Gasteiger charge is 2.53.